The van der Waals surface area contributed by atoms with Crippen LogP contribution < -0.4 is 0 Å². The van der Waals surface area contributed by atoms with E-state index in [9.17, 15) is 4.79 Å². The van der Waals surface area contributed by atoms with Gasteiger partial charge in [0.25, 0.3) is 0 Å². The Hall–Kier alpha value is -2.44. The van der Waals surface area contributed by atoms with Gasteiger partial charge in [-0.25, -0.2) is 0 Å². The summed E-state index contributed by atoms with van der Waals surface area (Å²) in [5, 5.41) is 13.9. The van der Waals surface area contributed by atoms with Gasteiger partial charge < -0.3 is 4.57 Å². The highest BCUT2D eigenvalue weighted by Gasteiger charge is 2.30. The van der Waals surface area contributed by atoms with E-state index in [0.717, 1.165) is 33.7 Å². The van der Waals surface area contributed by atoms with E-state index in [0.29, 0.717) is 11.8 Å². The highest BCUT2D eigenvalue weighted by molar-refractivity contribution is 7.99. The lowest BCUT2D eigenvalue weighted by atomic mass is 10.0. The van der Waals surface area contributed by atoms with Crippen molar-refractivity contribution < 1.29 is 4.79 Å². The minimum Gasteiger partial charge on any atom is -0.303 e. The zero-order chi connectivity index (χ0) is 18.9. The molecule has 0 aliphatic heterocycles. The van der Waals surface area contributed by atoms with Crippen molar-refractivity contribution in [1.82, 2.24) is 14.8 Å². The Kier molecular flexibility index (Phi) is 4.74. The Bertz CT molecular complexity index is 1120. The zero-order valence-electron chi connectivity index (χ0n) is 15.2. The number of aromatic nitrogens is 3. The smallest absolute Gasteiger partial charge is 0.191 e. The largest absolute Gasteiger partial charge is 0.303 e. The van der Waals surface area contributed by atoms with Gasteiger partial charge in [0.15, 0.2) is 10.9 Å². The fourth-order valence-electron chi connectivity index (χ4n) is 3.47. The number of rotatable bonds is 7. The second-order valence-corrected chi connectivity index (χ2v) is 8.97. The minimum absolute atomic E-state index is 0.131. The summed E-state index contributed by atoms with van der Waals surface area (Å²) < 4.78 is 2.25. The summed E-state index contributed by atoms with van der Waals surface area (Å²) in [6, 6.07) is 18.6. The first-order valence-electron chi connectivity index (χ1n) is 9.39. The molecule has 0 atom stereocenters. The summed E-state index contributed by atoms with van der Waals surface area (Å²) >= 11 is 3.25. The van der Waals surface area contributed by atoms with Crippen molar-refractivity contribution in [2.75, 3.05) is 5.75 Å². The number of hydrogen-bond acceptors (Lipinski definition) is 5. The Morgan fingerprint density at radius 2 is 1.93 bits per heavy atom. The quantitative estimate of drug-likeness (QED) is 0.305. The predicted molar refractivity (Wildman–Crippen MR) is 114 cm³/mol. The molecule has 0 unspecified atom stereocenters. The molecule has 0 radical (unpaired) electrons. The van der Waals surface area contributed by atoms with E-state index in [1.807, 2.05) is 42.5 Å². The SMILES string of the molecule is O=C(CSc1nnc(Cc2cccs2)n1C1CC1)c1cccc2ccccc12. The fraction of sp³-hybridized carbons (Fsp3) is 0.227. The average Bonchev–Trinajstić information content (AvgIpc) is 3.28. The maximum Gasteiger partial charge on any atom is 0.191 e. The van der Waals surface area contributed by atoms with Crippen LogP contribution >= 0.6 is 23.1 Å². The number of carbonyl (C=O) groups is 1. The first kappa shape index (κ1) is 17.6. The Morgan fingerprint density at radius 1 is 1.07 bits per heavy atom. The van der Waals surface area contributed by atoms with E-state index in [1.54, 1.807) is 11.3 Å². The molecule has 2 aromatic carbocycles. The molecule has 0 N–H and O–H groups in total. The van der Waals surface area contributed by atoms with E-state index < -0.39 is 0 Å². The van der Waals surface area contributed by atoms with Gasteiger partial charge in [0.2, 0.25) is 0 Å². The lowest BCUT2D eigenvalue weighted by Crippen LogP contribution is -2.07. The molecule has 1 saturated carbocycles. The van der Waals surface area contributed by atoms with Gasteiger partial charge in [-0.2, -0.15) is 0 Å². The number of thioether (sulfide) groups is 1. The van der Waals surface area contributed by atoms with Gasteiger partial charge in [0.05, 0.1) is 5.75 Å². The van der Waals surface area contributed by atoms with E-state index in [2.05, 4.69) is 32.3 Å². The maximum atomic E-state index is 12.9. The van der Waals surface area contributed by atoms with Crippen molar-refractivity contribution in [2.45, 2.75) is 30.5 Å². The Morgan fingerprint density at radius 3 is 2.75 bits per heavy atom. The fourth-order valence-corrected chi connectivity index (χ4v) is 5.08. The highest BCUT2D eigenvalue weighted by atomic mass is 32.2. The van der Waals surface area contributed by atoms with Crippen LogP contribution in [0.1, 0.15) is 39.9 Å². The molecule has 1 aliphatic rings. The van der Waals surface area contributed by atoms with Gasteiger partial charge in [-0.1, -0.05) is 60.3 Å². The predicted octanol–water partition coefficient (Wildman–Crippen LogP) is 5.39. The van der Waals surface area contributed by atoms with Crippen LogP contribution in [0, 0.1) is 0 Å². The zero-order valence-corrected chi connectivity index (χ0v) is 16.9. The van der Waals surface area contributed by atoms with Crippen LogP contribution in [0.4, 0.5) is 0 Å². The molecule has 6 heteroatoms. The third kappa shape index (κ3) is 3.50. The van der Waals surface area contributed by atoms with Crippen LogP contribution in [0.3, 0.4) is 0 Å². The monoisotopic (exact) mass is 405 g/mol. The first-order valence-corrected chi connectivity index (χ1v) is 11.3. The molecule has 140 valence electrons. The molecule has 1 aliphatic carbocycles. The van der Waals surface area contributed by atoms with Crippen molar-refractivity contribution in [2.24, 2.45) is 0 Å². The van der Waals surface area contributed by atoms with Crippen molar-refractivity contribution in [1.29, 1.82) is 0 Å². The molecule has 4 nitrogen and oxygen atoms in total. The number of hydrogen-bond donors (Lipinski definition) is 0. The van der Waals surface area contributed by atoms with Gasteiger partial charge in [-0.15, -0.1) is 21.5 Å². The van der Waals surface area contributed by atoms with Gasteiger partial charge in [-0.05, 0) is 35.1 Å². The number of nitrogens with zero attached hydrogens (tertiary/aromatic N) is 3. The second kappa shape index (κ2) is 7.53. The summed E-state index contributed by atoms with van der Waals surface area (Å²) in [4.78, 5) is 14.2. The normalized spacial score (nSPS) is 13.9. The molecule has 0 saturated heterocycles. The molecule has 0 bridgehead atoms. The maximum absolute atomic E-state index is 12.9. The van der Waals surface area contributed by atoms with Gasteiger partial charge in [0.1, 0.15) is 5.82 Å². The van der Waals surface area contributed by atoms with E-state index in [4.69, 9.17) is 0 Å². The highest BCUT2D eigenvalue weighted by Crippen LogP contribution is 2.39. The van der Waals surface area contributed by atoms with Crippen LogP contribution in [0.5, 0.6) is 0 Å². The Labute approximate surface area is 171 Å². The summed E-state index contributed by atoms with van der Waals surface area (Å²) in [6.45, 7) is 0. The summed E-state index contributed by atoms with van der Waals surface area (Å²) in [7, 11) is 0. The number of ketones is 1. The topological polar surface area (TPSA) is 47.8 Å². The molecule has 4 aromatic rings. The van der Waals surface area contributed by atoms with Gasteiger partial charge in [-0.3, -0.25) is 4.79 Å². The van der Waals surface area contributed by atoms with Crippen molar-refractivity contribution in [3.63, 3.8) is 0 Å². The molecule has 28 heavy (non-hydrogen) atoms. The van der Waals surface area contributed by atoms with Crippen molar-refractivity contribution >= 4 is 39.7 Å². The number of fused-ring (bicyclic) bond motifs is 1. The molecular formula is C22H19N3OS2. The average molecular weight is 406 g/mol. The standard InChI is InChI=1S/C22H19N3OS2/c26-20(19-9-3-6-15-5-1-2-8-18(15)19)14-28-22-24-23-21(25(22)16-10-11-16)13-17-7-4-12-27-17/h1-9,12,16H,10-11,13-14H2. The van der Waals surface area contributed by atoms with Crippen LogP contribution in [-0.4, -0.2) is 26.3 Å². The minimum atomic E-state index is 0.131. The second-order valence-electron chi connectivity index (χ2n) is 6.99. The molecule has 2 heterocycles. The van der Waals surface area contributed by atoms with Gasteiger partial charge in [0, 0.05) is 22.9 Å². The lowest BCUT2D eigenvalue weighted by molar-refractivity contribution is 0.102. The number of carbonyl (C=O) groups excluding carboxylic acids is 1. The van der Waals surface area contributed by atoms with Crippen LogP contribution in [0.15, 0.2) is 65.1 Å². The molecule has 5 rings (SSSR count). The van der Waals surface area contributed by atoms with Crippen molar-refractivity contribution in [3.8, 4) is 0 Å². The third-order valence-electron chi connectivity index (χ3n) is 4.98. The third-order valence-corrected chi connectivity index (χ3v) is 6.80. The first-order chi connectivity index (χ1) is 13.8. The lowest BCUT2D eigenvalue weighted by Gasteiger charge is -2.09. The summed E-state index contributed by atoms with van der Waals surface area (Å²) in [5.41, 5.74) is 0.780. The number of thiophene rings is 1. The molecule has 2 aromatic heterocycles. The summed E-state index contributed by atoms with van der Waals surface area (Å²) in [6.07, 6.45) is 3.14. The van der Waals surface area contributed by atoms with Crippen LogP contribution in [0.25, 0.3) is 10.8 Å². The van der Waals surface area contributed by atoms with Gasteiger partial charge >= 0.3 is 0 Å². The molecule has 0 spiro atoms. The number of Topliss-reactive ketones (excluding diaryl/α,β-unsaturated/α-hetero) is 1. The number of benzene rings is 2. The Balaban J connectivity index is 1.36. The van der Waals surface area contributed by atoms with Crippen LogP contribution in [-0.2, 0) is 6.42 Å². The molecular weight excluding hydrogens is 386 g/mol. The molecule has 1 fully saturated rings. The molecule has 0 amide bonds. The van der Waals surface area contributed by atoms with E-state index in [1.165, 1.54) is 29.5 Å². The van der Waals surface area contributed by atoms with E-state index in [-0.39, 0.29) is 5.78 Å². The summed E-state index contributed by atoms with van der Waals surface area (Å²) in [5.74, 6) is 1.51. The van der Waals surface area contributed by atoms with Crippen molar-refractivity contribution in [3.05, 3.63) is 76.2 Å². The van der Waals surface area contributed by atoms with E-state index >= 15 is 0 Å². The van der Waals surface area contributed by atoms with Crippen LogP contribution in [0.2, 0.25) is 0 Å².